The number of carbonyl (C=O) groups excluding carboxylic acids is 2. The second-order valence-electron chi connectivity index (χ2n) is 8.21. The number of rotatable bonds is 9. The van der Waals surface area contributed by atoms with E-state index >= 15 is 0 Å². The van der Waals surface area contributed by atoms with Crippen LogP contribution in [-0.2, 0) is 16.0 Å². The highest BCUT2D eigenvalue weighted by atomic mass is 16.5. The number of hydrazone groups is 1. The Kier molecular flexibility index (Phi) is 8.24. The number of nitrogens with zero attached hydrogens (tertiary/aromatic N) is 2. The largest absolute Gasteiger partial charge is 0.494 e. The average molecular weight is 462 g/mol. The number of aryl methyl sites for hydroxylation is 1. The van der Waals surface area contributed by atoms with Crippen LogP contribution in [0.4, 0.5) is 0 Å². The van der Waals surface area contributed by atoms with Crippen LogP contribution in [0.5, 0.6) is 5.75 Å². The third-order valence-electron chi connectivity index (χ3n) is 5.17. The molecule has 0 spiro atoms. The van der Waals surface area contributed by atoms with Crippen molar-refractivity contribution in [1.29, 1.82) is 0 Å². The van der Waals surface area contributed by atoms with E-state index in [0.29, 0.717) is 12.2 Å². The highest BCUT2D eigenvalue weighted by Crippen LogP contribution is 2.20. The molecule has 1 aromatic heterocycles. The van der Waals surface area contributed by atoms with Crippen LogP contribution in [0.25, 0.3) is 5.69 Å². The first kappa shape index (κ1) is 24.8. The quantitative estimate of drug-likeness (QED) is 0.283. The fourth-order valence-corrected chi connectivity index (χ4v) is 3.61. The molecule has 1 heterocycles. The molecule has 0 saturated carbocycles. The van der Waals surface area contributed by atoms with Crippen molar-refractivity contribution in [3.05, 3.63) is 82.7 Å². The molecule has 1 amide bonds. The van der Waals surface area contributed by atoms with Crippen LogP contribution in [0.2, 0.25) is 0 Å². The Bertz CT molecular complexity index is 1160. The van der Waals surface area contributed by atoms with E-state index in [2.05, 4.69) is 15.1 Å². The van der Waals surface area contributed by atoms with Crippen molar-refractivity contribution in [3.63, 3.8) is 0 Å². The Morgan fingerprint density at radius 1 is 1.06 bits per heavy atom. The zero-order chi connectivity index (χ0) is 24.7. The van der Waals surface area contributed by atoms with Crippen LogP contribution in [-0.4, -0.2) is 35.4 Å². The fraction of sp³-hybridized carbons (Fsp3) is 0.296. The highest BCUT2D eigenvalue weighted by molar-refractivity contribution is 5.90. The average Bonchev–Trinajstić information content (AvgIpc) is 3.08. The molecule has 0 saturated heterocycles. The first-order chi connectivity index (χ1) is 16.3. The summed E-state index contributed by atoms with van der Waals surface area (Å²) in [6.07, 6.45) is 1.71. The van der Waals surface area contributed by atoms with Gasteiger partial charge in [-0.1, -0.05) is 12.1 Å². The van der Waals surface area contributed by atoms with E-state index in [9.17, 15) is 9.59 Å². The summed E-state index contributed by atoms with van der Waals surface area (Å²) in [5.41, 5.74) is 7.78. The standard InChI is InChI=1S/C27H31N3O4/c1-6-33-25-13-7-21(8-14-25)16-26(31)29-28-17-23-15-19(4)30(20(23)5)24-11-9-22(10-12-24)27(32)34-18(2)3/h7-15,17-18H,6,16H2,1-5H3,(H,29,31)/b28-17-. The molecular formula is C27H31N3O4. The topological polar surface area (TPSA) is 81.9 Å². The molecule has 2 aromatic carbocycles. The molecule has 0 bridgehead atoms. The summed E-state index contributed by atoms with van der Waals surface area (Å²) >= 11 is 0. The lowest BCUT2D eigenvalue weighted by atomic mass is 10.1. The molecule has 0 unspecified atom stereocenters. The fourth-order valence-electron chi connectivity index (χ4n) is 3.61. The summed E-state index contributed by atoms with van der Waals surface area (Å²) in [6.45, 7) is 10.2. The van der Waals surface area contributed by atoms with Gasteiger partial charge in [0.1, 0.15) is 5.75 Å². The Labute approximate surface area is 200 Å². The molecule has 0 aliphatic rings. The minimum absolute atomic E-state index is 0.163. The lowest BCUT2D eigenvalue weighted by Crippen LogP contribution is -2.19. The zero-order valence-corrected chi connectivity index (χ0v) is 20.3. The van der Waals surface area contributed by atoms with Crippen molar-refractivity contribution >= 4 is 18.1 Å². The van der Waals surface area contributed by atoms with Crippen LogP contribution < -0.4 is 10.2 Å². The molecule has 0 aliphatic heterocycles. The minimum Gasteiger partial charge on any atom is -0.494 e. The predicted molar refractivity (Wildman–Crippen MR) is 133 cm³/mol. The van der Waals surface area contributed by atoms with E-state index < -0.39 is 0 Å². The number of hydrogen-bond donors (Lipinski definition) is 1. The Morgan fingerprint density at radius 3 is 2.35 bits per heavy atom. The second kappa shape index (κ2) is 11.3. The van der Waals surface area contributed by atoms with E-state index in [1.165, 1.54) is 0 Å². The summed E-state index contributed by atoms with van der Waals surface area (Å²) in [5, 5.41) is 4.13. The van der Waals surface area contributed by atoms with Crippen LogP contribution in [0.1, 0.15) is 53.6 Å². The van der Waals surface area contributed by atoms with Gasteiger partial charge in [-0.2, -0.15) is 5.10 Å². The van der Waals surface area contributed by atoms with Gasteiger partial charge in [-0.25, -0.2) is 10.2 Å². The van der Waals surface area contributed by atoms with Gasteiger partial charge in [0.15, 0.2) is 0 Å². The van der Waals surface area contributed by atoms with E-state index in [0.717, 1.165) is 34.0 Å². The lowest BCUT2D eigenvalue weighted by Gasteiger charge is -2.11. The Balaban J connectivity index is 1.64. The van der Waals surface area contributed by atoms with Crippen molar-refractivity contribution in [2.24, 2.45) is 5.10 Å². The Morgan fingerprint density at radius 2 is 1.74 bits per heavy atom. The van der Waals surface area contributed by atoms with Crippen molar-refractivity contribution in [1.82, 2.24) is 9.99 Å². The number of hydrogen-bond acceptors (Lipinski definition) is 5. The molecule has 34 heavy (non-hydrogen) atoms. The second-order valence-corrected chi connectivity index (χ2v) is 8.21. The molecule has 0 aliphatic carbocycles. The summed E-state index contributed by atoms with van der Waals surface area (Å²) in [6, 6.07) is 16.7. The highest BCUT2D eigenvalue weighted by Gasteiger charge is 2.12. The first-order valence-corrected chi connectivity index (χ1v) is 11.3. The van der Waals surface area contributed by atoms with Gasteiger partial charge in [0, 0.05) is 22.6 Å². The van der Waals surface area contributed by atoms with Crippen LogP contribution in [0.15, 0.2) is 59.7 Å². The molecule has 7 nitrogen and oxygen atoms in total. The van der Waals surface area contributed by atoms with Gasteiger partial charge >= 0.3 is 5.97 Å². The van der Waals surface area contributed by atoms with Crippen LogP contribution in [0, 0.1) is 13.8 Å². The minimum atomic E-state index is -0.337. The summed E-state index contributed by atoms with van der Waals surface area (Å²) < 4.78 is 12.7. The van der Waals surface area contributed by atoms with Crippen LogP contribution in [0.3, 0.4) is 0 Å². The van der Waals surface area contributed by atoms with Crippen molar-refractivity contribution in [3.8, 4) is 11.4 Å². The van der Waals surface area contributed by atoms with E-state index in [1.807, 2.05) is 77.1 Å². The Hall–Kier alpha value is -3.87. The maximum absolute atomic E-state index is 12.2. The third-order valence-corrected chi connectivity index (χ3v) is 5.17. The van der Waals surface area contributed by atoms with Gasteiger partial charge < -0.3 is 14.0 Å². The number of esters is 1. The maximum atomic E-state index is 12.2. The monoisotopic (exact) mass is 461 g/mol. The summed E-state index contributed by atoms with van der Waals surface area (Å²) in [7, 11) is 0. The van der Waals surface area contributed by atoms with Gasteiger partial charge in [-0.3, -0.25) is 4.79 Å². The predicted octanol–water partition coefficient (Wildman–Crippen LogP) is 4.75. The molecule has 0 radical (unpaired) electrons. The summed E-state index contributed by atoms with van der Waals surface area (Å²) in [4.78, 5) is 24.3. The van der Waals surface area contributed by atoms with Gasteiger partial charge in [0.05, 0.1) is 30.9 Å². The zero-order valence-electron chi connectivity index (χ0n) is 20.3. The SMILES string of the molecule is CCOc1ccc(CC(=O)N/N=C\c2cc(C)n(-c3ccc(C(=O)OC(C)C)cc3)c2C)cc1. The summed E-state index contributed by atoms with van der Waals surface area (Å²) in [5.74, 6) is 0.250. The van der Waals surface area contributed by atoms with Gasteiger partial charge in [0.25, 0.3) is 0 Å². The number of nitrogens with one attached hydrogen (secondary N) is 1. The van der Waals surface area contributed by atoms with E-state index in [-0.39, 0.29) is 24.4 Å². The number of carbonyl (C=O) groups is 2. The molecule has 3 aromatic rings. The third kappa shape index (κ3) is 6.34. The van der Waals surface area contributed by atoms with Crippen molar-refractivity contribution in [2.45, 2.75) is 47.1 Å². The molecule has 1 N–H and O–H groups in total. The maximum Gasteiger partial charge on any atom is 0.338 e. The van der Waals surface area contributed by atoms with Gasteiger partial charge in [-0.05, 0) is 82.6 Å². The van der Waals surface area contributed by atoms with Crippen molar-refractivity contribution < 1.29 is 19.1 Å². The van der Waals surface area contributed by atoms with Gasteiger partial charge in [0.2, 0.25) is 5.91 Å². The molecule has 178 valence electrons. The number of ether oxygens (including phenoxy) is 2. The molecule has 3 rings (SSSR count). The number of benzene rings is 2. The lowest BCUT2D eigenvalue weighted by molar-refractivity contribution is -0.120. The molecule has 7 heteroatoms. The smallest absolute Gasteiger partial charge is 0.338 e. The normalized spacial score (nSPS) is 11.1. The molecular weight excluding hydrogens is 430 g/mol. The molecule has 0 atom stereocenters. The van der Waals surface area contributed by atoms with Gasteiger partial charge in [-0.15, -0.1) is 0 Å². The van der Waals surface area contributed by atoms with E-state index in [4.69, 9.17) is 9.47 Å². The number of aromatic nitrogens is 1. The van der Waals surface area contributed by atoms with E-state index in [1.54, 1.807) is 18.3 Å². The molecule has 0 fully saturated rings. The van der Waals surface area contributed by atoms with Crippen LogP contribution >= 0.6 is 0 Å². The number of amides is 1. The van der Waals surface area contributed by atoms with Crippen molar-refractivity contribution in [2.75, 3.05) is 6.61 Å². The first-order valence-electron chi connectivity index (χ1n) is 11.3.